The lowest BCUT2D eigenvalue weighted by Gasteiger charge is -2.23. The molecule has 0 unspecified atom stereocenters. The maximum absolute atomic E-state index is 12.4. The zero-order chi connectivity index (χ0) is 20.3. The Morgan fingerprint density at radius 1 is 1.03 bits per heavy atom. The van der Waals surface area contributed by atoms with Crippen molar-refractivity contribution in [1.82, 2.24) is 30.0 Å². The number of hydrogen-bond donors (Lipinski definition) is 1. The molecule has 2 aliphatic heterocycles. The van der Waals surface area contributed by atoms with Gasteiger partial charge in [-0.2, -0.15) is 4.52 Å². The number of rotatable bonds is 7. The highest BCUT2D eigenvalue weighted by atomic mass is 16.1. The number of hydrogen-bond acceptors (Lipinski definition) is 6. The van der Waals surface area contributed by atoms with Crippen LogP contribution in [0.2, 0.25) is 0 Å². The Labute approximate surface area is 178 Å². The molecular formula is C22H33N7O. The molecule has 2 saturated heterocycles. The van der Waals surface area contributed by atoms with E-state index in [0.717, 1.165) is 49.5 Å². The van der Waals surface area contributed by atoms with E-state index >= 15 is 0 Å². The van der Waals surface area contributed by atoms with Gasteiger partial charge in [0.15, 0.2) is 11.5 Å². The summed E-state index contributed by atoms with van der Waals surface area (Å²) >= 11 is 0. The molecular weight excluding hydrogens is 378 g/mol. The fraction of sp³-hybridized carbons (Fsp3) is 0.727. The number of carbonyl (C=O) groups excluding carboxylic acids is 1. The standard InChI is InChI=1S/C22H33N7O/c30-22(23-15-17-11-14-28(16-17)18-5-1-2-6-18)10-9-20-25-24-19-7-8-21(26-29(19)20)27-12-3-4-13-27/h7-8,17-18H,1-6,9-16H2,(H,23,30)/t17-/m0/s1. The molecule has 0 radical (unpaired) electrons. The van der Waals surface area contributed by atoms with Crippen molar-refractivity contribution in [2.75, 3.05) is 37.6 Å². The van der Waals surface area contributed by atoms with Crippen LogP contribution in [0.4, 0.5) is 5.82 Å². The predicted molar refractivity (Wildman–Crippen MR) is 115 cm³/mol. The SMILES string of the molecule is O=C(CCc1nnc2ccc(N3CCCC3)nn12)NC[C@@H]1CCN(C2CCCC2)C1. The molecule has 162 valence electrons. The third-order valence-electron chi connectivity index (χ3n) is 7.07. The highest BCUT2D eigenvalue weighted by Crippen LogP contribution is 2.28. The molecule has 1 saturated carbocycles. The number of anilines is 1. The lowest BCUT2D eigenvalue weighted by atomic mass is 10.1. The van der Waals surface area contributed by atoms with E-state index in [9.17, 15) is 4.79 Å². The van der Waals surface area contributed by atoms with Gasteiger partial charge >= 0.3 is 0 Å². The molecule has 1 N–H and O–H groups in total. The van der Waals surface area contributed by atoms with Gasteiger partial charge in [0, 0.05) is 45.1 Å². The number of carbonyl (C=O) groups is 1. The van der Waals surface area contributed by atoms with E-state index < -0.39 is 0 Å². The molecule has 3 fully saturated rings. The van der Waals surface area contributed by atoms with Gasteiger partial charge in [-0.3, -0.25) is 4.79 Å². The molecule has 8 heteroatoms. The molecule has 3 aliphatic rings. The molecule has 0 aromatic carbocycles. The molecule has 4 heterocycles. The highest BCUT2D eigenvalue weighted by molar-refractivity contribution is 5.76. The van der Waals surface area contributed by atoms with Crippen molar-refractivity contribution in [2.45, 2.75) is 63.8 Å². The Morgan fingerprint density at radius 2 is 1.87 bits per heavy atom. The average molecular weight is 412 g/mol. The van der Waals surface area contributed by atoms with Gasteiger partial charge in [-0.15, -0.1) is 15.3 Å². The average Bonchev–Trinajstić information content (AvgIpc) is 3.56. The molecule has 2 aromatic rings. The minimum atomic E-state index is 0.0989. The fourth-order valence-electron chi connectivity index (χ4n) is 5.30. The second-order valence-electron chi connectivity index (χ2n) is 9.16. The monoisotopic (exact) mass is 411 g/mol. The fourth-order valence-corrected chi connectivity index (χ4v) is 5.30. The van der Waals surface area contributed by atoms with Crippen molar-refractivity contribution >= 4 is 17.4 Å². The molecule has 1 amide bonds. The van der Waals surface area contributed by atoms with Crippen LogP contribution in [-0.2, 0) is 11.2 Å². The van der Waals surface area contributed by atoms with Crippen LogP contribution >= 0.6 is 0 Å². The molecule has 8 nitrogen and oxygen atoms in total. The molecule has 30 heavy (non-hydrogen) atoms. The molecule has 1 atom stereocenters. The van der Waals surface area contributed by atoms with Crippen molar-refractivity contribution < 1.29 is 4.79 Å². The topological polar surface area (TPSA) is 78.7 Å². The van der Waals surface area contributed by atoms with Crippen molar-refractivity contribution in [3.63, 3.8) is 0 Å². The predicted octanol–water partition coefficient (Wildman–Crippen LogP) is 2.04. The second-order valence-corrected chi connectivity index (χ2v) is 9.16. The Hall–Kier alpha value is -2.22. The highest BCUT2D eigenvalue weighted by Gasteiger charge is 2.29. The van der Waals surface area contributed by atoms with Crippen LogP contribution in [0.15, 0.2) is 12.1 Å². The Balaban J connectivity index is 1.11. The first-order valence-corrected chi connectivity index (χ1v) is 11.7. The van der Waals surface area contributed by atoms with Crippen LogP contribution in [-0.4, -0.2) is 69.4 Å². The minimum absolute atomic E-state index is 0.0989. The first kappa shape index (κ1) is 19.7. The molecule has 2 aromatic heterocycles. The van der Waals surface area contributed by atoms with Gasteiger partial charge in [0.25, 0.3) is 0 Å². The van der Waals surface area contributed by atoms with E-state index in [0.29, 0.717) is 18.8 Å². The molecule has 0 bridgehead atoms. The van der Waals surface area contributed by atoms with Crippen molar-refractivity contribution in [3.8, 4) is 0 Å². The van der Waals surface area contributed by atoms with Crippen LogP contribution in [0.3, 0.4) is 0 Å². The van der Waals surface area contributed by atoms with Crippen LogP contribution in [0, 0.1) is 5.92 Å². The zero-order valence-corrected chi connectivity index (χ0v) is 17.8. The van der Waals surface area contributed by atoms with Crippen LogP contribution < -0.4 is 10.2 Å². The number of aryl methyl sites for hydroxylation is 1. The van der Waals surface area contributed by atoms with E-state index in [4.69, 9.17) is 5.10 Å². The van der Waals surface area contributed by atoms with Gasteiger partial charge < -0.3 is 15.1 Å². The van der Waals surface area contributed by atoms with Gasteiger partial charge in [0.05, 0.1) is 0 Å². The van der Waals surface area contributed by atoms with Crippen molar-refractivity contribution in [1.29, 1.82) is 0 Å². The zero-order valence-electron chi connectivity index (χ0n) is 17.8. The van der Waals surface area contributed by atoms with E-state index in [2.05, 4.69) is 25.3 Å². The van der Waals surface area contributed by atoms with Gasteiger partial charge in [0.2, 0.25) is 5.91 Å². The van der Waals surface area contributed by atoms with Gasteiger partial charge in [-0.05, 0) is 56.7 Å². The molecule has 1 aliphatic carbocycles. The van der Waals surface area contributed by atoms with E-state index in [1.807, 2.05) is 12.1 Å². The maximum Gasteiger partial charge on any atom is 0.220 e. The Morgan fingerprint density at radius 3 is 2.70 bits per heavy atom. The molecule has 0 spiro atoms. The van der Waals surface area contributed by atoms with Gasteiger partial charge in [0.1, 0.15) is 5.82 Å². The molecule has 5 rings (SSSR count). The van der Waals surface area contributed by atoms with Crippen LogP contribution in [0.1, 0.15) is 57.2 Å². The van der Waals surface area contributed by atoms with E-state index in [1.165, 1.54) is 51.5 Å². The summed E-state index contributed by atoms with van der Waals surface area (Å²) in [6.45, 7) is 5.24. The number of nitrogens with one attached hydrogen (secondary N) is 1. The number of fused-ring (bicyclic) bond motifs is 1. The Bertz CT molecular complexity index is 869. The summed E-state index contributed by atoms with van der Waals surface area (Å²) in [7, 11) is 0. The number of amides is 1. The summed E-state index contributed by atoms with van der Waals surface area (Å²) < 4.78 is 1.80. The smallest absolute Gasteiger partial charge is 0.220 e. The van der Waals surface area contributed by atoms with Crippen molar-refractivity contribution in [3.05, 3.63) is 18.0 Å². The Kier molecular flexibility index (Phi) is 5.84. The lowest BCUT2D eigenvalue weighted by Crippen LogP contribution is -2.34. The van der Waals surface area contributed by atoms with Gasteiger partial charge in [-0.25, -0.2) is 0 Å². The largest absolute Gasteiger partial charge is 0.356 e. The summed E-state index contributed by atoms with van der Waals surface area (Å²) in [6.07, 6.45) is 10.1. The number of likely N-dealkylation sites (tertiary alicyclic amines) is 1. The van der Waals surface area contributed by atoms with Crippen LogP contribution in [0.25, 0.3) is 5.65 Å². The van der Waals surface area contributed by atoms with Gasteiger partial charge in [-0.1, -0.05) is 12.8 Å². The second kappa shape index (κ2) is 8.88. The van der Waals surface area contributed by atoms with Crippen LogP contribution in [0.5, 0.6) is 0 Å². The van der Waals surface area contributed by atoms with E-state index in [-0.39, 0.29) is 5.91 Å². The summed E-state index contributed by atoms with van der Waals surface area (Å²) in [4.78, 5) is 17.4. The minimum Gasteiger partial charge on any atom is -0.356 e. The lowest BCUT2D eigenvalue weighted by molar-refractivity contribution is -0.121. The third kappa shape index (κ3) is 4.29. The summed E-state index contributed by atoms with van der Waals surface area (Å²) in [5, 5.41) is 16.4. The number of nitrogens with zero attached hydrogens (tertiary/aromatic N) is 6. The van der Waals surface area contributed by atoms with E-state index in [1.54, 1.807) is 4.52 Å². The normalized spacial score (nSPS) is 23.1. The first-order valence-electron chi connectivity index (χ1n) is 11.7. The first-order chi connectivity index (χ1) is 14.8. The van der Waals surface area contributed by atoms with Crippen molar-refractivity contribution in [2.24, 2.45) is 5.92 Å². The maximum atomic E-state index is 12.4. The summed E-state index contributed by atoms with van der Waals surface area (Å²) in [5.74, 6) is 2.42. The summed E-state index contributed by atoms with van der Waals surface area (Å²) in [6, 6.07) is 4.78. The quantitative estimate of drug-likeness (QED) is 0.751. The number of aromatic nitrogens is 4. The third-order valence-corrected chi connectivity index (χ3v) is 7.07. The summed E-state index contributed by atoms with van der Waals surface area (Å²) in [5.41, 5.74) is 0.742.